The number of carbonyl (C=O) groups is 2. The van der Waals surface area contributed by atoms with Crippen LogP contribution < -0.4 is 5.32 Å². The van der Waals surface area contributed by atoms with Crippen LogP contribution >= 0.6 is 0 Å². The lowest BCUT2D eigenvalue weighted by Crippen LogP contribution is -2.41. The van der Waals surface area contributed by atoms with Gasteiger partial charge in [-0.2, -0.15) is 13.2 Å². The molecule has 1 N–H and O–H groups in total. The quantitative estimate of drug-likeness (QED) is 0.405. The Kier molecular flexibility index (Phi) is 9.03. The molecule has 1 fully saturated rings. The third-order valence-electron chi connectivity index (χ3n) is 8.14. The summed E-state index contributed by atoms with van der Waals surface area (Å²) in [5.74, 6) is -0.967. The zero-order valence-corrected chi connectivity index (χ0v) is 22.9. The van der Waals surface area contributed by atoms with E-state index in [0.29, 0.717) is 25.1 Å². The molecule has 0 spiro atoms. The van der Waals surface area contributed by atoms with Crippen molar-refractivity contribution in [2.45, 2.75) is 71.1 Å². The minimum atomic E-state index is -4.45. The summed E-state index contributed by atoms with van der Waals surface area (Å²) in [5.41, 5.74) is 2.33. The molecular formula is C31H38F3N3O2. The van der Waals surface area contributed by atoms with Gasteiger partial charge in [0.25, 0.3) is 5.91 Å². The Hall–Kier alpha value is -3.29. The molecule has 2 aliphatic carbocycles. The van der Waals surface area contributed by atoms with Crippen LogP contribution in [-0.4, -0.2) is 47.1 Å². The lowest BCUT2D eigenvalue weighted by Gasteiger charge is -2.28. The fourth-order valence-corrected chi connectivity index (χ4v) is 5.79. The van der Waals surface area contributed by atoms with E-state index < -0.39 is 29.6 Å². The molecule has 2 atom stereocenters. The van der Waals surface area contributed by atoms with Crippen molar-refractivity contribution in [3.05, 3.63) is 71.5 Å². The number of carbonyl (C=O) groups excluding carboxylic acids is 2. The highest BCUT2D eigenvalue weighted by molar-refractivity contribution is 5.97. The van der Waals surface area contributed by atoms with Crippen LogP contribution in [0.15, 0.2) is 60.2 Å². The molecular weight excluding hydrogens is 503 g/mol. The van der Waals surface area contributed by atoms with Crippen LogP contribution in [0.25, 0.3) is 11.3 Å². The summed E-state index contributed by atoms with van der Waals surface area (Å²) in [6, 6.07) is 10.8. The molecule has 2 aromatic rings. The average Bonchev–Trinajstić information content (AvgIpc) is 3.25. The Balaban J connectivity index is 1.50. The van der Waals surface area contributed by atoms with Crippen molar-refractivity contribution >= 4 is 11.8 Å². The normalized spacial score (nSPS) is 20.0. The zero-order chi connectivity index (χ0) is 28.2. The maximum Gasteiger partial charge on any atom is 0.413 e. The Labute approximate surface area is 228 Å². The van der Waals surface area contributed by atoms with Gasteiger partial charge in [-0.1, -0.05) is 74.7 Å². The molecule has 2 aliphatic rings. The number of halogens is 3. The molecule has 8 heteroatoms. The lowest BCUT2D eigenvalue weighted by molar-refractivity contribution is -0.135. The maximum atomic E-state index is 13.4. The van der Waals surface area contributed by atoms with E-state index in [1.807, 2.05) is 55.3 Å². The van der Waals surface area contributed by atoms with Gasteiger partial charge in [-0.3, -0.25) is 9.59 Å². The van der Waals surface area contributed by atoms with E-state index in [2.05, 4.69) is 9.88 Å². The Bertz CT molecular complexity index is 1220. The predicted molar refractivity (Wildman–Crippen MR) is 147 cm³/mol. The molecule has 2 unspecified atom stereocenters. The van der Waals surface area contributed by atoms with Crippen molar-refractivity contribution in [2.75, 3.05) is 13.6 Å². The van der Waals surface area contributed by atoms with Crippen LogP contribution in [0.2, 0.25) is 0 Å². The molecule has 0 radical (unpaired) electrons. The molecule has 0 saturated heterocycles. The van der Waals surface area contributed by atoms with E-state index >= 15 is 0 Å². The average molecular weight is 542 g/mol. The van der Waals surface area contributed by atoms with Gasteiger partial charge in [0.15, 0.2) is 0 Å². The number of hydrogen-bond acceptors (Lipinski definition) is 2. The third-order valence-corrected chi connectivity index (χ3v) is 8.14. The fourth-order valence-electron chi connectivity index (χ4n) is 5.79. The minimum Gasteiger partial charge on any atom is -0.345 e. The van der Waals surface area contributed by atoms with Crippen LogP contribution in [-0.2, 0) is 11.3 Å². The Morgan fingerprint density at radius 3 is 2.46 bits per heavy atom. The van der Waals surface area contributed by atoms with E-state index in [1.54, 1.807) is 6.08 Å². The number of alkyl halides is 3. The van der Waals surface area contributed by atoms with Gasteiger partial charge >= 0.3 is 6.18 Å². The first kappa shape index (κ1) is 28.7. The van der Waals surface area contributed by atoms with Gasteiger partial charge in [0.2, 0.25) is 5.91 Å². The summed E-state index contributed by atoms with van der Waals surface area (Å²) < 4.78 is 42.3. The van der Waals surface area contributed by atoms with Gasteiger partial charge in [-0.05, 0) is 37.8 Å². The second kappa shape index (κ2) is 12.3. The van der Waals surface area contributed by atoms with Crippen LogP contribution in [0.3, 0.4) is 0 Å². The zero-order valence-electron chi connectivity index (χ0n) is 22.9. The minimum absolute atomic E-state index is 0.121. The number of amides is 2. The van der Waals surface area contributed by atoms with Gasteiger partial charge < -0.3 is 14.8 Å². The van der Waals surface area contributed by atoms with Crippen molar-refractivity contribution < 1.29 is 22.8 Å². The standard InChI is InChI=1S/C31H38F3N3O2/c1-21-26(31(32,33)34)16-10-17-27(21)35-29(38)25-20-28(23-12-6-4-7-13-23)37(22(25)2)19-11-18-36(3)30(39)24-14-8-5-9-15-24/h4,6-7,10,12-13,16-17,20-21,24,27H,5,8-9,11,14-15,18-19H2,1-3H3,(H,35,38). The summed E-state index contributed by atoms with van der Waals surface area (Å²) >= 11 is 0. The van der Waals surface area contributed by atoms with E-state index in [1.165, 1.54) is 19.4 Å². The maximum absolute atomic E-state index is 13.4. The van der Waals surface area contributed by atoms with Gasteiger partial charge in [0.05, 0.1) is 11.6 Å². The summed E-state index contributed by atoms with van der Waals surface area (Å²) in [5, 5.41) is 2.81. The molecule has 2 amide bonds. The van der Waals surface area contributed by atoms with Gasteiger partial charge in [-0.25, -0.2) is 0 Å². The summed E-state index contributed by atoms with van der Waals surface area (Å²) in [7, 11) is 1.86. The molecule has 1 aromatic heterocycles. The monoisotopic (exact) mass is 541 g/mol. The van der Waals surface area contributed by atoms with E-state index in [4.69, 9.17) is 0 Å². The third kappa shape index (κ3) is 6.65. The molecule has 4 rings (SSSR count). The number of benzene rings is 1. The van der Waals surface area contributed by atoms with Crippen LogP contribution in [0, 0.1) is 18.8 Å². The van der Waals surface area contributed by atoms with Crippen LogP contribution in [0.4, 0.5) is 13.2 Å². The summed E-state index contributed by atoms with van der Waals surface area (Å²) in [4.78, 5) is 28.1. The first-order valence-corrected chi connectivity index (χ1v) is 13.8. The molecule has 1 saturated carbocycles. The predicted octanol–water partition coefficient (Wildman–Crippen LogP) is 6.69. The molecule has 1 heterocycles. The number of aromatic nitrogens is 1. The summed E-state index contributed by atoms with van der Waals surface area (Å²) in [6.07, 6.45) is 5.65. The highest BCUT2D eigenvalue weighted by Crippen LogP contribution is 2.35. The van der Waals surface area contributed by atoms with E-state index in [0.717, 1.165) is 48.7 Å². The largest absolute Gasteiger partial charge is 0.413 e. The Morgan fingerprint density at radius 1 is 1.10 bits per heavy atom. The first-order chi connectivity index (χ1) is 18.6. The highest BCUT2D eigenvalue weighted by atomic mass is 19.4. The molecule has 210 valence electrons. The van der Waals surface area contributed by atoms with Gasteiger partial charge in [0.1, 0.15) is 0 Å². The van der Waals surface area contributed by atoms with E-state index in [9.17, 15) is 22.8 Å². The lowest BCUT2D eigenvalue weighted by atomic mass is 9.88. The number of nitrogens with zero attached hydrogens (tertiary/aromatic N) is 2. The molecule has 5 nitrogen and oxygen atoms in total. The molecule has 0 bridgehead atoms. The number of allylic oxidation sites excluding steroid dienone is 2. The van der Waals surface area contributed by atoms with Crippen molar-refractivity contribution in [2.24, 2.45) is 11.8 Å². The first-order valence-electron chi connectivity index (χ1n) is 13.8. The fraction of sp³-hybridized carbons (Fsp3) is 0.484. The second-order valence-corrected chi connectivity index (χ2v) is 10.8. The van der Waals surface area contributed by atoms with Crippen molar-refractivity contribution in [1.82, 2.24) is 14.8 Å². The van der Waals surface area contributed by atoms with Crippen molar-refractivity contribution in [3.8, 4) is 11.3 Å². The highest BCUT2D eigenvalue weighted by Gasteiger charge is 2.40. The van der Waals surface area contributed by atoms with Gasteiger partial charge in [0, 0.05) is 48.9 Å². The smallest absolute Gasteiger partial charge is 0.345 e. The molecule has 0 aliphatic heterocycles. The Morgan fingerprint density at radius 2 is 1.79 bits per heavy atom. The SMILES string of the molecule is Cc1c(C(=O)NC2C=CC=C(C(F)(F)F)C2C)cc(-c2ccccc2)n1CCCN(C)C(=O)C1CCCCC1. The summed E-state index contributed by atoms with van der Waals surface area (Å²) in [6.45, 7) is 4.55. The van der Waals surface area contributed by atoms with E-state index in [-0.39, 0.29) is 11.8 Å². The second-order valence-electron chi connectivity index (χ2n) is 10.8. The topological polar surface area (TPSA) is 54.3 Å². The van der Waals surface area contributed by atoms with Crippen LogP contribution in [0.1, 0.15) is 61.5 Å². The molecule has 1 aromatic carbocycles. The van der Waals surface area contributed by atoms with Gasteiger partial charge in [-0.15, -0.1) is 0 Å². The van der Waals surface area contributed by atoms with Crippen molar-refractivity contribution in [3.63, 3.8) is 0 Å². The molecule has 39 heavy (non-hydrogen) atoms. The number of nitrogens with one attached hydrogen (secondary N) is 1. The number of rotatable bonds is 8. The van der Waals surface area contributed by atoms with Crippen molar-refractivity contribution in [1.29, 1.82) is 0 Å². The number of hydrogen-bond donors (Lipinski definition) is 1. The van der Waals surface area contributed by atoms with Crippen LogP contribution in [0.5, 0.6) is 0 Å².